The van der Waals surface area contributed by atoms with Crippen LogP contribution >= 0.6 is 153 Å². The summed E-state index contributed by atoms with van der Waals surface area (Å²) in [5, 5.41) is 5.11. The number of para-hydroxylation sites is 4. The van der Waals surface area contributed by atoms with E-state index in [0.717, 1.165) is 78.7 Å². The summed E-state index contributed by atoms with van der Waals surface area (Å²) in [6, 6.07) is 110. The number of nitrogens with zero attached hydrogens (tertiary/aromatic N) is 7. The van der Waals surface area contributed by atoms with Gasteiger partial charge in [-0.25, -0.2) is 0 Å². The van der Waals surface area contributed by atoms with Gasteiger partial charge in [-0.05, 0) is 175 Å². The maximum atomic E-state index is 4.61. The number of halogens is 9. The Kier molecular flexibility index (Phi) is 33.7. The second-order valence-electron chi connectivity index (χ2n) is 21.9. The molecule has 0 amide bonds. The van der Waals surface area contributed by atoms with Crippen molar-refractivity contribution in [3.05, 3.63) is 371 Å². The van der Waals surface area contributed by atoms with E-state index in [1.807, 2.05) is 97.6 Å². The minimum Gasteiger partial charge on any atom is -0.310 e. The molecule has 0 fully saturated rings. The smallest absolute Gasteiger partial charge is 0.0702 e. The Morgan fingerprint density at radius 3 is 0.931 bits per heavy atom. The van der Waals surface area contributed by atoms with E-state index >= 15 is 0 Å². The van der Waals surface area contributed by atoms with Crippen LogP contribution in [0.15, 0.2) is 345 Å². The van der Waals surface area contributed by atoms with E-state index in [4.69, 9.17) is 0 Å². The van der Waals surface area contributed by atoms with Crippen molar-refractivity contribution in [1.29, 1.82) is 0 Å². The van der Waals surface area contributed by atoms with E-state index in [0.29, 0.717) is 22.7 Å². The summed E-state index contributed by atoms with van der Waals surface area (Å²) < 4.78 is 5.77. The number of aromatic nitrogens is 6. The van der Waals surface area contributed by atoms with E-state index in [1.54, 1.807) is 0 Å². The van der Waals surface area contributed by atoms with Gasteiger partial charge in [0.25, 0.3) is 0 Å². The normalized spacial score (nSPS) is 10.4. The molecule has 0 N–H and O–H groups in total. The summed E-state index contributed by atoms with van der Waals surface area (Å²) >= 11 is 20.9. The number of hydrogen-bond donors (Lipinski definition) is 0. The first-order valence-corrected chi connectivity index (χ1v) is 66.8. The van der Waals surface area contributed by atoms with Gasteiger partial charge in [-0.3, -0.25) is 19.9 Å². The average molecular weight is 2360 g/mol. The van der Waals surface area contributed by atoms with Crippen LogP contribution in [0, 0.1) is 14.9 Å². The summed E-state index contributed by atoms with van der Waals surface area (Å²) in [4.78, 5) is 20.1. The Hall–Kier alpha value is -4.31. The van der Waals surface area contributed by atoms with Crippen molar-refractivity contribution in [3.63, 3.8) is 0 Å². The molecule has 507 valence electrons. The number of hydrogen-bond acceptors (Lipinski definition) is 5. The molecule has 0 saturated carbocycles. The van der Waals surface area contributed by atoms with Crippen LogP contribution in [-0.2, 0) is 20.8 Å². The molecule has 101 heavy (non-hydrogen) atoms. The molecule has 0 radical (unpaired) electrons. The molecule has 0 aliphatic rings. The summed E-state index contributed by atoms with van der Waals surface area (Å²) in [6.07, 6.45) is 8.23. The van der Waals surface area contributed by atoms with Crippen molar-refractivity contribution in [1.82, 2.24) is 29.1 Å². The quantitative estimate of drug-likeness (QED) is 0.0954. The third kappa shape index (κ3) is 21.9. The van der Waals surface area contributed by atoms with Crippen molar-refractivity contribution in [2.75, 3.05) is 4.90 Å². The molecule has 6 aromatic heterocycles. The molecule has 0 bridgehead atoms. The second kappa shape index (κ2) is 42.1. The van der Waals surface area contributed by atoms with Gasteiger partial charge in [0.2, 0.25) is 0 Å². The molecule has 0 unspecified atom stereocenters. The molecule has 16 rings (SSSR count). The zero-order valence-electron chi connectivity index (χ0n) is 54.5. The van der Waals surface area contributed by atoms with Gasteiger partial charge >= 0.3 is 165 Å². The minimum atomic E-state index is -0.278. The molecule has 0 atom stereocenters. The number of benzene rings is 10. The first-order valence-electron chi connectivity index (χ1n) is 30.9. The second-order valence-corrected chi connectivity index (χ2v) is 86.2. The Morgan fingerprint density at radius 2 is 0.624 bits per heavy atom. The molecule has 16 aromatic rings. The Balaban J connectivity index is 0.000000176. The molecule has 0 spiro atoms. The van der Waals surface area contributed by atoms with Crippen LogP contribution in [-0.4, -0.2) is 29.1 Å². The van der Waals surface area contributed by atoms with Crippen molar-refractivity contribution >= 4 is 214 Å². The zero-order valence-corrected chi connectivity index (χ0v) is 76.1. The van der Waals surface area contributed by atoms with E-state index in [-0.39, 0.29) is 19.8 Å². The van der Waals surface area contributed by atoms with Crippen molar-refractivity contribution < 1.29 is 27.6 Å². The van der Waals surface area contributed by atoms with Gasteiger partial charge in [0, 0.05) is 101 Å². The largest absolute Gasteiger partial charge is 0.310 e. The number of anilines is 3. The van der Waals surface area contributed by atoms with Gasteiger partial charge in [0.05, 0.1) is 44.8 Å². The fraction of sp³-hybridized carbons (Fsp3) is 0.0120. The van der Waals surface area contributed by atoms with Gasteiger partial charge < -0.3 is 28.9 Å². The van der Waals surface area contributed by atoms with E-state index < -0.39 is 0 Å². The maximum absolute atomic E-state index is 4.61. The minimum absolute atomic E-state index is 0. The third-order valence-corrected chi connectivity index (χ3v) is 16.5. The van der Waals surface area contributed by atoms with Gasteiger partial charge in [-0.15, -0.1) is 0 Å². The summed E-state index contributed by atoms with van der Waals surface area (Å²) in [5.41, 5.74) is 21.3. The Morgan fingerprint density at radius 1 is 0.347 bits per heavy atom. The van der Waals surface area contributed by atoms with Gasteiger partial charge in [-0.2, -0.15) is 0 Å². The molecule has 7 nitrogen and oxygen atoms in total. The van der Waals surface area contributed by atoms with Crippen LogP contribution in [0.4, 0.5) is 17.1 Å². The molecule has 0 aliphatic heterocycles. The van der Waals surface area contributed by atoms with Crippen LogP contribution in [0.25, 0.3) is 100 Å². The molecular formula is C83H64BrI8N7V2-3. The van der Waals surface area contributed by atoms with Crippen LogP contribution in [0.1, 0.15) is 11.1 Å². The maximum Gasteiger partial charge on any atom is 0.0702 e. The summed E-state index contributed by atoms with van der Waals surface area (Å²) in [6.45, 7) is 0. The third-order valence-electron chi connectivity index (χ3n) is 15.9. The molecular weight excluding hydrogens is 2290 g/mol. The topological polar surface area (TPSA) is 64.7 Å². The first kappa shape index (κ1) is 80.8. The fourth-order valence-corrected chi connectivity index (χ4v) is 12.1. The Labute approximate surface area is 697 Å². The van der Waals surface area contributed by atoms with E-state index in [2.05, 4.69) is 430 Å². The molecule has 10 aromatic carbocycles. The van der Waals surface area contributed by atoms with Crippen LogP contribution in [0.5, 0.6) is 0 Å². The summed E-state index contributed by atoms with van der Waals surface area (Å²) in [7, 11) is 0.628. The Bertz CT molecular complexity index is 4920. The van der Waals surface area contributed by atoms with Crippen LogP contribution in [0.2, 0.25) is 0 Å². The molecule has 0 aliphatic carbocycles. The molecule has 18 heteroatoms. The van der Waals surface area contributed by atoms with Crippen molar-refractivity contribution in [2.24, 2.45) is 0 Å². The van der Waals surface area contributed by atoms with E-state index in [9.17, 15) is 0 Å². The van der Waals surface area contributed by atoms with Gasteiger partial charge in [0.15, 0.2) is 0 Å². The SMILES string of the molecule is Brc1ccc(-n2c3ccccc3c3ccccc32)cc1.I[I-]I.[CH3-].[CH3-].[I][V]([I])[I].[I][V][I].c1ccc(-c2cccc(Cc3cccc(-c4ccccn4)c3)c2)nc1.c1ccc(-c2cccc(N(c3ccc(-n4c5ccccc5c5ccccc54)cc3)c3cccc(-c4ccccn4)c3)c2)nc1. The number of pyridine rings is 4. The molecule has 6 heterocycles. The fourth-order valence-electron chi connectivity index (χ4n) is 11.8. The van der Waals surface area contributed by atoms with Crippen LogP contribution in [0.3, 0.4) is 0 Å². The first-order chi connectivity index (χ1) is 48.6. The number of fused-ring (bicyclic) bond motifs is 6. The van der Waals surface area contributed by atoms with E-state index in [1.165, 1.54) is 60.4 Å². The molecule has 0 saturated heterocycles. The monoisotopic (exact) mass is 2350 g/mol. The summed E-state index contributed by atoms with van der Waals surface area (Å²) in [5.74, 6) is 0. The number of rotatable bonds is 11. The van der Waals surface area contributed by atoms with Gasteiger partial charge in [0.1, 0.15) is 0 Å². The average Bonchev–Trinajstić information content (AvgIpc) is 1.62. The van der Waals surface area contributed by atoms with Gasteiger partial charge in [-0.1, -0.05) is 174 Å². The van der Waals surface area contributed by atoms with Crippen LogP contribution < -0.4 is 18.2 Å². The standard InChI is InChI=1S/C40H28N4.C23H18N2.C18H12BrN.2CH3.I3.5HI.2V/c1-3-19-39-35(15-1)36-16-2-4-20-40(36)44(39)32-23-21-31(22-24-32)43(33-13-9-11-29(27-33)37-17-5-7-25-41-37)34-14-10-12-30(28-34)38-18-6-8-26-42-38;1-3-13-24-22(11-1)20-9-5-7-18(16-20)15-19-8-6-10-21(17-19)23-12-2-4-14-25-23;19-13-9-11-14(12-10-13)20-17-7-3-1-5-15(17)16-6-2-4-8-18(16)20;;;1-3-2;;;;;;;/h1-28H;1-14,16-17H,15H2;1-12H;2*1H3;;5*1H;;/q;;;3*-1;;;;;;+2;+3/p-5. The predicted molar refractivity (Wildman–Crippen MR) is 484 cm³/mol. The van der Waals surface area contributed by atoms with Crippen molar-refractivity contribution in [3.8, 4) is 56.4 Å². The van der Waals surface area contributed by atoms with Crippen molar-refractivity contribution in [2.45, 2.75) is 6.42 Å². The predicted octanol–water partition coefficient (Wildman–Crippen LogP) is 25.4. The zero-order chi connectivity index (χ0) is 68.7.